The van der Waals surface area contributed by atoms with Crippen LogP contribution >= 0.6 is 0 Å². The Balaban J connectivity index is 2.22. The second-order valence-electron chi connectivity index (χ2n) is 5.15. The predicted octanol–water partition coefficient (Wildman–Crippen LogP) is 2.19. The van der Waals surface area contributed by atoms with Gasteiger partial charge in [0.15, 0.2) is 0 Å². The second-order valence-corrected chi connectivity index (χ2v) is 5.15. The summed E-state index contributed by atoms with van der Waals surface area (Å²) in [6, 6.07) is -0.0324. The smallest absolute Gasteiger partial charge is 0.238 e. The second kappa shape index (κ2) is 6.04. The molecule has 3 atom stereocenters. The van der Waals surface area contributed by atoms with Gasteiger partial charge in [-0.3, -0.25) is 10.1 Å². The first kappa shape index (κ1) is 13.2. The van der Waals surface area contributed by atoms with Crippen LogP contribution in [0.1, 0.15) is 47.0 Å². The molecule has 3 heteroatoms. The van der Waals surface area contributed by atoms with Crippen molar-refractivity contribution in [3.63, 3.8) is 0 Å². The summed E-state index contributed by atoms with van der Waals surface area (Å²) in [5.74, 6) is 0.764. The molecule has 1 aliphatic heterocycles. The van der Waals surface area contributed by atoms with Gasteiger partial charge in [-0.1, -0.05) is 18.6 Å². The minimum atomic E-state index is -0.0324. The van der Waals surface area contributed by atoms with Crippen LogP contribution < -0.4 is 10.6 Å². The van der Waals surface area contributed by atoms with Crippen LogP contribution in [0.5, 0.6) is 0 Å². The molecule has 0 radical (unpaired) electrons. The third-order valence-electron chi connectivity index (χ3n) is 3.01. The Morgan fingerprint density at radius 1 is 1.50 bits per heavy atom. The molecule has 1 rings (SSSR count). The summed E-state index contributed by atoms with van der Waals surface area (Å²) in [5, 5.41) is 6.23. The van der Waals surface area contributed by atoms with E-state index in [0.29, 0.717) is 5.92 Å². The third-order valence-corrected chi connectivity index (χ3v) is 3.01. The number of rotatable bonds is 5. The molecule has 0 aromatic rings. The van der Waals surface area contributed by atoms with Crippen molar-refractivity contribution in [3.05, 3.63) is 11.6 Å². The highest BCUT2D eigenvalue weighted by Crippen LogP contribution is 2.15. The molecule has 3 nitrogen and oxygen atoms in total. The topological polar surface area (TPSA) is 41.1 Å². The highest BCUT2D eigenvalue weighted by Gasteiger charge is 2.27. The van der Waals surface area contributed by atoms with Crippen LogP contribution in [-0.2, 0) is 4.79 Å². The van der Waals surface area contributed by atoms with Crippen molar-refractivity contribution in [1.82, 2.24) is 10.6 Å². The van der Waals surface area contributed by atoms with E-state index in [4.69, 9.17) is 0 Å². The molecule has 0 aromatic heterocycles. The van der Waals surface area contributed by atoms with E-state index >= 15 is 0 Å². The third kappa shape index (κ3) is 4.35. The van der Waals surface area contributed by atoms with Crippen LogP contribution in [0.25, 0.3) is 0 Å². The summed E-state index contributed by atoms with van der Waals surface area (Å²) in [5.41, 5.74) is 1.38. The van der Waals surface area contributed by atoms with Crippen molar-refractivity contribution in [2.75, 3.05) is 0 Å². The van der Waals surface area contributed by atoms with Crippen molar-refractivity contribution < 1.29 is 4.79 Å². The number of carbonyl (C=O) groups excluding carboxylic acids is 1. The first-order valence-corrected chi connectivity index (χ1v) is 6.19. The largest absolute Gasteiger partial charge is 0.339 e. The fraction of sp³-hybridized carbons (Fsp3) is 0.769. The minimum Gasteiger partial charge on any atom is -0.339 e. The van der Waals surface area contributed by atoms with Gasteiger partial charge in [0.05, 0.1) is 12.2 Å². The van der Waals surface area contributed by atoms with Gasteiger partial charge in [0.2, 0.25) is 5.91 Å². The molecule has 0 saturated carbocycles. The van der Waals surface area contributed by atoms with Crippen LogP contribution in [0.15, 0.2) is 11.6 Å². The molecule has 0 spiro atoms. The zero-order valence-electron chi connectivity index (χ0n) is 10.8. The van der Waals surface area contributed by atoms with E-state index in [1.165, 1.54) is 12.0 Å². The normalized spacial score (nSPS) is 26.4. The molecular formula is C13H24N2O. The van der Waals surface area contributed by atoms with E-state index < -0.39 is 0 Å². The molecule has 2 N–H and O–H groups in total. The molecule has 1 fully saturated rings. The van der Waals surface area contributed by atoms with Gasteiger partial charge in [-0.25, -0.2) is 0 Å². The molecule has 1 heterocycles. The maximum absolute atomic E-state index is 11.3. The summed E-state index contributed by atoms with van der Waals surface area (Å²) in [6.45, 7) is 8.41. The summed E-state index contributed by atoms with van der Waals surface area (Å²) in [7, 11) is 0. The number of carbonyl (C=O) groups is 1. The Kier molecular flexibility index (Phi) is 5.00. The lowest BCUT2D eigenvalue weighted by molar-refractivity contribution is -0.120. The summed E-state index contributed by atoms with van der Waals surface area (Å²) < 4.78 is 0. The Hall–Kier alpha value is -0.830. The Bertz CT molecular complexity index is 269. The molecular weight excluding hydrogens is 200 g/mol. The average Bonchev–Trinajstić information content (AvgIpc) is 2.44. The molecule has 16 heavy (non-hydrogen) atoms. The lowest BCUT2D eigenvalue weighted by Crippen LogP contribution is -2.34. The zero-order valence-corrected chi connectivity index (χ0v) is 10.8. The standard InChI is InChI=1S/C13H24N2O/c1-9(2)6-5-7-10(3)8-12-14-11(4)13(16)15-12/h6,10-12,14H,5,7-8H2,1-4H3,(H,15,16)/t10-,11+,12?/m1/s1. The quantitative estimate of drug-likeness (QED) is 0.703. The van der Waals surface area contributed by atoms with E-state index in [2.05, 4.69) is 37.5 Å². The first-order chi connectivity index (χ1) is 7.49. The molecule has 1 unspecified atom stereocenters. The average molecular weight is 224 g/mol. The maximum Gasteiger partial charge on any atom is 0.238 e. The maximum atomic E-state index is 11.3. The Morgan fingerprint density at radius 3 is 2.69 bits per heavy atom. The molecule has 0 aromatic carbocycles. The molecule has 1 aliphatic rings. The molecule has 0 aliphatic carbocycles. The van der Waals surface area contributed by atoms with Crippen LogP contribution in [0.4, 0.5) is 0 Å². The van der Waals surface area contributed by atoms with Gasteiger partial charge in [-0.2, -0.15) is 0 Å². The van der Waals surface area contributed by atoms with Crippen LogP contribution in [0, 0.1) is 5.92 Å². The van der Waals surface area contributed by atoms with Gasteiger partial charge < -0.3 is 5.32 Å². The van der Waals surface area contributed by atoms with E-state index in [-0.39, 0.29) is 18.1 Å². The van der Waals surface area contributed by atoms with E-state index in [9.17, 15) is 4.79 Å². The fourth-order valence-electron chi connectivity index (χ4n) is 2.02. The Labute approximate surface area is 98.7 Å². The fourth-order valence-corrected chi connectivity index (χ4v) is 2.02. The first-order valence-electron chi connectivity index (χ1n) is 6.19. The van der Waals surface area contributed by atoms with Gasteiger partial charge in [0, 0.05) is 0 Å². The number of hydrogen-bond donors (Lipinski definition) is 2. The van der Waals surface area contributed by atoms with Gasteiger partial charge in [0.25, 0.3) is 0 Å². The minimum absolute atomic E-state index is 0.0324. The number of nitrogens with one attached hydrogen (secondary N) is 2. The molecule has 1 saturated heterocycles. The predicted molar refractivity (Wildman–Crippen MR) is 67.0 cm³/mol. The SMILES string of the molecule is CC(C)=CCC[C@@H](C)CC1NC(=O)[C@H](C)N1. The zero-order chi connectivity index (χ0) is 12.1. The van der Waals surface area contributed by atoms with Crippen molar-refractivity contribution in [2.24, 2.45) is 5.92 Å². The van der Waals surface area contributed by atoms with Gasteiger partial charge in [-0.05, 0) is 46.0 Å². The summed E-state index contributed by atoms with van der Waals surface area (Å²) in [6.07, 6.45) is 5.80. The highest BCUT2D eigenvalue weighted by molar-refractivity contribution is 5.83. The monoisotopic (exact) mass is 224 g/mol. The lowest BCUT2D eigenvalue weighted by Gasteiger charge is -2.16. The van der Waals surface area contributed by atoms with Gasteiger partial charge in [-0.15, -0.1) is 0 Å². The summed E-state index contributed by atoms with van der Waals surface area (Å²) in [4.78, 5) is 11.3. The van der Waals surface area contributed by atoms with Crippen LogP contribution in [-0.4, -0.2) is 18.1 Å². The molecule has 0 bridgehead atoms. The van der Waals surface area contributed by atoms with Gasteiger partial charge in [0.1, 0.15) is 0 Å². The summed E-state index contributed by atoms with van der Waals surface area (Å²) >= 11 is 0. The van der Waals surface area contributed by atoms with E-state index in [1.54, 1.807) is 0 Å². The number of amides is 1. The van der Waals surface area contributed by atoms with Crippen molar-refractivity contribution in [1.29, 1.82) is 0 Å². The van der Waals surface area contributed by atoms with E-state index in [0.717, 1.165) is 12.8 Å². The van der Waals surface area contributed by atoms with Crippen LogP contribution in [0.2, 0.25) is 0 Å². The van der Waals surface area contributed by atoms with Crippen molar-refractivity contribution in [3.8, 4) is 0 Å². The van der Waals surface area contributed by atoms with Gasteiger partial charge >= 0.3 is 0 Å². The number of allylic oxidation sites excluding steroid dienone is 2. The van der Waals surface area contributed by atoms with Crippen molar-refractivity contribution >= 4 is 5.91 Å². The van der Waals surface area contributed by atoms with Crippen molar-refractivity contribution in [2.45, 2.75) is 59.2 Å². The lowest BCUT2D eigenvalue weighted by atomic mass is 9.99. The Morgan fingerprint density at radius 2 is 2.19 bits per heavy atom. The van der Waals surface area contributed by atoms with Crippen LogP contribution in [0.3, 0.4) is 0 Å². The molecule has 1 amide bonds. The number of hydrogen-bond acceptors (Lipinski definition) is 2. The highest BCUT2D eigenvalue weighted by atomic mass is 16.2. The molecule has 92 valence electrons. The van der Waals surface area contributed by atoms with E-state index in [1.807, 2.05) is 6.92 Å².